The van der Waals surface area contributed by atoms with Gasteiger partial charge in [-0.1, -0.05) is 0 Å². The topological polar surface area (TPSA) is 106 Å². The van der Waals surface area contributed by atoms with Gasteiger partial charge in [0, 0.05) is 13.2 Å². The summed E-state index contributed by atoms with van der Waals surface area (Å²) in [6.45, 7) is -0.265. The number of hydrogen-bond donors (Lipinski definition) is 2. The number of methoxy groups -OCH3 is 1. The van der Waals surface area contributed by atoms with Crippen molar-refractivity contribution < 1.29 is 45.0 Å². The highest BCUT2D eigenvalue weighted by molar-refractivity contribution is 7.92. The van der Waals surface area contributed by atoms with Crippen LogP contribution in [0, 0.1) is 11.2 Å². The Morgan fingerprint density at radius 2 is 2.03 bits per heavy atom. The number of rotatable bonds is 11. The minimum Gasteiger partial charge on any atom is -0.465 e. The van der Waals surface area contributed by atoms with Crippen LogP contribution in [0.1, 0.15) is 36.8 Å². The number of carbonyl (C=O) groups excluding carboxylic acids is 1. The lowest BCUT2D eigenvalue weighted by molar-refractivity contribution is -0.188. The highest BCUT2D eigenvalue weighted by Crippen LogP contribution is 2.59. The van der Waals surface area contributed by atoms with E-state index in [1.165, 1.54) is 13.2 Å². The molecule has 1 saturated heterocycles. The van der Waals surface area contributed by atoms with Gasteiger partial charge in [0.1, 0.15) is 18.0 Å². The van der Waals surface area contributed by atoms with E-state index in [0.29, 0.717) is 29.3 Å². The molecule has 0 aromatic heterocycles. The van der Waals surface area contributed by atoms with E-state index in [9.17, 15) is 26.4 Å². The fourth-order valence-electron chi connectivity index (χ4n) is 4.64. The quantitative estimate of drug-likeness (QED) is 0.252. The van der Waals surface area contributed by atoms with Crippen molar-refractivity contribution in [2.45, 2.75) is 50.7 Å². The molecule has 14 heteroatoms. The summed E-state index contributed by atoms with van der Waals surface area (Å²) in [6.07, 6.45) is -2.88. The summed E-state index contributed by atoms with van der Waals surface area (Å²) in [5.41, 5.74) is -1.18. The molecular formula is C22H29F4N3O6S. The number of benzene rings is 1. The summed E-state index contributed by atoms with van der Waals surface area (Å²) in [6, 6.07) is 1.26. The van der Waals surface area contributed by atoms with Crippen LogP contribution in [0.5, 0.6) is 5.75 Å². The molecule has 202 valence electrons. The van der Waals surface area contributed by atoms with Gasteiger partial charge in [0.15, 0.2) is 12.6 Å². The van der Waals surface area contributed by atoms with Crippen LogP contribution in [0.25, 0.3) is 0 Å². The van der Waals surface area contributed by atoms with Gasteiger partial charge in [-0.15, -0.1) is 0 Å². The van der Waals surface area contributed by atoms with Crippen LogP contribution >= 0.6 is 0 Å². The summed E-state index contributed by atoms with van der Waals surface area (Å²) in [4.78, 5) is 11.8. The molecule has 1 aliphatic heterocycles. The van der Waals surface area contributed by atoms with Crippen molar-refractivity contribution >= 4 is 21.8 Å². The molecule has 4 rings (SSSR count). The molecular weight excluding hydrogens is 510 g/mol. The molecule has 2 fully saturated rings. The highest BCUT2D eigenvalue weighted by atomic mass is 32.2. The Balaban J connectivity index is 1.52. The lowest BCUT2D eigenvalue weighted by Crippen LogP contribution is -2.38. The third-order valence-electron chi connectivity index (χ3n) is 6.90. The van der Waals surface area contributed by atoms with Gasteiger partial charge in [-0.3, -0.25) is 4.79 Å². The van der Waals surface area contributed by atoms with Gasteiger partial charge in [0.2, 0.25) is 0 Å². The van der Waals surface area contributed by atoms with Crippen LogP contribution in [0.4, 0.5) is 23.2 Å². The molecule has 9 nitrogen and oxygen atoms in total. The van der Waals surface area contributed by atoms with Crippen LogP contribution < -0.4 is 19.1 Å². The number of amides is 1. The summed E-state index contributed by atoms with van der Waals surface area (Å²) >= 11 is 0. The molecule has 1 amide bonds. The fourth-order valence-corrected chi connectivity index (χ4v) is 5.80. The Labute approximate surface area is 206 Å². The Morgan fingerprint density at radius 3 is 2.64 bits per heavy atom. The van der Waals surface area contributed by atoms with Crippen molar-refractivity contribution in [1.82, 2.24) is 10.0 Å². The number of anilines is 1. The molecule has 2 N–H and O–H groups in total. The van der Waals surface area contributed by atoms with E-state index in [1.54, 1.807) is 0 Å². The average Bonchev–Trinajstić information content (AvgIpc) is 3.54. The second-order valence-electron chi connectivity index (χ2n) is 9.30. The predicted molar refractivity (Wildman–Crippen MR) is 120 cm³/mol. The van der Waals surface area contributed by atoms with E-state index in [4.69, 9.17) is 14.2 Å². The van der Waals surface area contributed by atoms with Gasteiger partial charge in [-0.05, 0) is 62.3 Å². The minimum absolute atomic E-state index is 0.0385. The van der Waals surface area contributed by atoms with E-state index in [1.807, 2.05) is 4.72 Å². The zero-order valence-corrected chi connectivity index (χ0v) is 20.6. The van der Waals surface area contributed by atoms with E-state index >= 15 is 4.39 Å². The van der Waals surface area contributed by atoms with E-state index < -0.39 is 45.8 Å². The second kappa shape index (κ2) is 10.3. The standard InChI is InChI=1S/C22H29F4N3O6S/c1-33-8-9-34-13-35-17-10-14-2-3-15(27-7-6-21(4-5-21)22(24,25)26)11-16(14)19(23)20(17)29-12-18(30)28-36(29,31)32/h10,15,27H,2-9,11-13H2,1H3,(H,28,30)/t15-/m1/s1. The number of nitrogens with one attached hydrogen (secondary N) is 2. The number of aryl methyl sites for hydroxylation is 1. The van der Waals surface area contributed by atoms with Crippen LogP contribution in [0.2, 0.25) is 0 Å². The van der Waals surface area contributed by atoms with Gasteiger partial charge >= 0.3 is 16.4 Å². The van der Waals surface area contributed by atoms with Gasteiger partial charge in [0.05, 0.1) is 18.6 Å². The van der Waals surface area contributed by atoms with Gasteiger partial charge in [-0.25, -0.2) is 13.4 Å². The van der Waals surface area contributed by atoms with Crippen LogP contribution in [-0.4, -0.2) is 66.7 Å². The van der Waals surface area contributed by atoms with Crippen molar-refractivity contribution in [2.24, 2.45) is 5.41 Å². The normalized spacial score (nSPS) is 22.3. The Bertz CT molecular complexity index is 1090. The Hall–Kier alpha value is -2.16. The molecule has 0 unspecified atom stereocenters. The van der Waals surface area contributed by atoms with Crippen molar-refractivity contribution in [2.75, 3.05) is 44.5 Å². The second-order valence-corrected chi connectivity index (χ2v) is 10.9. The third-order valence-corrected chi connectivity index (χ3v) is 8.28. The number of carbonyl (C=O) groups is 1. The molecule has 0 spiro atoms. The average molecular weight is 540 g/mol. The van der Waals surface area contributed by atoms with Gasteiger partial charge in [-0.2, -0.15) is 21.6 Å². The maximum Gasteiger partial charge on any atom is 0.394 e. The van der Waals surface area contributed by atoms with Crippen molar-refractivity contribution in [3.05, 3.63) is 23.0 Å². The van der Waals surface area contributed by atoms with Crippen LogP contribution in [-0.2, 0) is 37.3 Å². The first-order chi connectivity index (χ1) is 17.0. The monoisotopic (exact) mass is 539 g/mol. The maximum absolute atomic E-state index is 15.9. The number of nitrogens with zero attached hydrogens (tertiary/aromatic N) is 1. The molecule has 3 aliphatic rings. The number of alkyl halides is 3. The van der Waals surface area contributed by atoms with Crippen LogP contribution in [0.3, 0.4) is 0 Å². The molecule has 36 heavy (non-hydrogen) atoms. The van der Waals surface area contributed by atoms with Gasteiger partial charge in [0.25, 0.3) is 5.91 Å². The van der Waals surface area contributed by atoms with Crippen molar-refractivity contribution in [3.63, 3.8) is 0 Å². The van der Waals surface area contributed by atoms with E-state index in [-0.39, 0.29) is 63.0 Å². The lowest BCUT2D eigenvalue weighted by Gasteiger charge is -2.30. The summed E-state index contributed by atoms with van der Waals surface area (Å²) in [5.74, 6) is -1.75. The van der Waals surface area contributed by atoms with Crippen molar-refractivity contribution in [1.29, 1.82) is 0 Å². The SMILES string of the molecule is COCCOCOc1cc2c(c(F)c1N1CC(=O)NS1(=O)=O)C[C@H](NCCC1(C(F)(F)F)CC1)CC2. The molecule has 1 atom stereocenters. The molecule has 1 saturated carbocycles. The first-order valence-corrected chi connectivity index (χ1v) is 13.1. The van der Waals surface area contributed by atoms with Crippen molar-refractivity contribution in [3.8, 4) is 5.75 Å². The first kappa shape index (κ1) is 26.9. The van der Waals surface area contributed by atoms with E-state index in [0.717, 1.165) is 0 Å². The smallest absolute Gasteiger partial charge is 0.394 e. The molecule has 1 aromatic carbocycles. The third kappa shape index (κ3) is 5.55. The van der Waals surface area contributed by atoms with Gasteiger partial charge < -0.3 is 19.5 Å². The highest BCUT2D eigenvalue weighted by Gasteiger charge is 2.62. The lowest BCUT2D eigenvalue weighted by atomic mass is 9.87. The summed E-state index contributed by atoms with van der Waals surface area (Å²) in [5, 5.41) is 3.11. The maximum atomic E-state index is 15.9. The summed E-state index contributed by atoms with van der Waals surface area (Å²) < 4.78 is 98.5. The zero-order chi connectivity index (χ0) is 26.1. The van der Waals surface area contributed by atoms with E-state index in [2.05, 4.69) is 5.32 Å². The Morgan fingerprint density at radius 1 is 1.28 bits per heavy atom. The molecule has 2 aliphatic carbocycles. The fraction of sp³-hybridized carbons (Fsp3) is 0.682. The molecule has 0 radical (unpaired) electrons. The largest absolute Gasteiger partial charge is 0.465 e. The first-order valence-electron chi connectivity index (χ1n) is 11.6. The summed E-state index contributed by atoms with van der Waals surface area (Å²) in [7, 11) is -2.83. The Kier molecular flexibility index (Phi) is 7.70. The minimum atomic E-state index is -4.32. The molecule has 1 aromatic rings. The number of hydrogen-bond acceptors (Lipinski definition) is 7. The predicted octanol–water partition coefficient (Wildman–Crippen LogP) is 2.19. The zero-order valence-electron chi connectivity index (χ0n) is 19.7. The van der Waals surface area contributed by atoms with Crippen LogP contribution in [0.15, 0.2) is 6.07 Å². The number of fused-ring (bicyclic) bond motifs is 1. The number of halogens is 4. The number of ether oxygens (including phenoxy) is 3. The molecule has 0 bridgehead atoms. The molecule has 1 heterocycles.